The van der Waals surface area contributed by atoms with Gasteiger partial charge in [0.2, 0.25) is 0 Å². The molecule has 1 heteroatoms. The van der Waals surface area contributed by atoms with E-state index in [1.54, 1.807) is 6.92 Å². The molecule has 0 saturated carbocycles. The average molecular weight is 126 g/mol. The average Bonchev–Trinajstić information content (AvgIpc) is 1.89. The van der Waals surface area contributed by atoms with E-state index in [4.69, 9.17) is 0 Å². The zero-order chi connectivity index (χ0) is 7.33. The molecular formula is C8H14O. The Kier molecular flexibility index (Phi) is 3.34. The highest BCUT2D eigenvalue weighted by atomic mass is 16.3. The molecule has 0 amide bonds. The predicted octanol–water partition coefficient (Wildman–Crippen LogP) is 1.56. The second kappa shape index (κ2) is 3.53. The van der Waals surface area contributed by atoms with E-state index in [2.05, 4.69) is 11.8 Å². The smallest absolute Gasteiger partial charge is 0.124 e. The van der Waals surface area contributed by atoms with Gasteiger partial charge in [0.25, 0.3) is 0 Å². The van der Waals surface area contributed by atoms with Gasteiger partial charge in [0, 0.05) is 0 Å². The van der Waals surface area contributed by atoms with Crippen LogP contribution in [-0.2, 0) is 0 Å². The maximum Gasteiger partial charge on any atom is 0.124 e. The van der Waals surface area contributed by atoms with E-state index >= 15 is 0 Å². The minimum Gasteiger partial charge on any atom is -0.378 e. The number of aliphatic hydroxyl groups is 1. The lowest BCUT2D eigenvalue weighted by Crippen LogP contribution is -2.23. The highest BCUT2D eigenvalue weighted by Crippen LogP contribution is 2.11. The first kappa shape index (κ1) is 8.52. The Bertz CT molecular complexity index is 123. The number of hydrogen-bond donors (Lipinski definition) is 1. The fourth-order valence-corrected chi connectivity index (χ4v) is 0.659. The van der Waals surface area contributed by atoms with Crippen LogP contribution in [0.25, 0.3) is 0 Å². The normalized spacial score (nSPS) is 10.2. The lowest BCUT2D eigenvalue weighted by Gasteiger charge is -2.16. The lowest BCUT2D eigenvalue weighted by atomic mass is 9.99. The minimum absolute atomic E-state index is 0.713. The van der Waals surface area contributed by atoms with Gasteiger partial charge in [-0.1, -0.05) is 19.8 Å². The molecule has 0 radical (unpaired) electrons. The summed E-state index contributed by atoms with van der Waals surface area (Å²) in [7, 11) is 0. The number of hydrogen-bond acceptors (Lipinski definition) is 1. The van der Waals surface area contributed by atoms with Crippen molar-refractivity contribution < 1.29 is 5.11 Å². The van der Waals surface area contributed by atoms with E-state index < -0.39 is 5.60 Å². The largest absolute Gasteiger partial charge is 0.378 e. The van der Waals surface area contributed by atoms with Crippen LogP contribution in [0.1, 0.15) is 33.6 Å². The Hall–Kier alpha value is -0.480. The summed E-state index contributed by atoms with van der Waals surface area (Å²) in [5.41, 5.74) is -0.727. The molecule has 0 aliphatic carbocycles. The van der Waals surface area contributed by atoms with Gasteiger partial charge in [0.05, 0.1) is 0 Å². The van der Waals surface area contributed by atoms with E-state index in [0.29, 0.717) is 12.8 Å². The third-order valence-electron chi connectivity index (χ3n) is 1.53. The topological polar surface area (TPSA) is 20.2 Å². The molecule has 0 rings (SSSR count). The predicted molar refractivity (Wildman–Crippen MR) is 39.0 cm³/mol. The molecule has 0 aromatic heterocycles. The van der Waals surface area contributed by atoms with Gasteiger partial charge >= 0.3 is 0 Å². The van der Waals surface area contributed by atoms with Gasteiger partial charge in [-0.3, -0.25) is 0 Å². The summed E-state index contributed by atoms with van der Waals surface area (Å²) in [5, 5.41) is 9.46. The SMILES string of the molecule is CC#CC(O)(CC)CC. The summed E-state index contributed by atoms with van der Waals surface area (Å²) in [6, 6.07) is 0. The van der Waals surface area contributed by atoms with Gasteiger partial charge in [-0.05, 0) is 19.8 Å². The molecule has 0 aliphatic heterocycles. The molecule has 0 bridgehead atoms. The van der Waals surface area contributed by atoms with E-state index in [0.717, 1.165) is 0 Å². The molecule has 0 fully saturated rings. The maximum atomic E-state index is 9.46. The summed E-state index contributed by atoms with van der Waals surface area (Å²) in [6.07, 6.45) is 1.43. The van der Waals surface area contributed by atoms with Gasteiger partial charge in [-0.15, -0.1) is 5.92 Å². The van der Waals surface area contributed by atoms with E-state index in [1.165, 1.54) is 0 Å². The van der Waals surface area contributed by atoms with Crippen LogP contribution in [0.5, 0.6) is 0 Å². The summed E-state index contributed by atoms with van der Waals surface area (Å²) < 4.78 is 0. The van der Waals surface area contributed by atoms with Crippen molar-refractivity contribution in [2.45, 2.75) is 39.2 Å². The van der Waals surface area contributed by atoms with Crippen LogP contribution in [-0.4, -0.2) is 10.7 Å². The van der Waals surface area contributed by atoms with Crippen molar-refractivity contribution in [3.63, 3.8) is 0 Å². The molecule has 0 heterocycles. The quantitative estimate of drug-likeness (QED) is 0.557. The van der Waals surface area contributed by atoms with Crippen LogP contribution in [0.3, 0.4) is 0 Å². The maximum absolute atomic E-state index is 9.46. The third kappa shape index (κ3) is 2.53. The van der Waals surface area contributed by atoms with E-state index in [9.17, 15) is 5.11 Å². The number of rotatable bonds is 2. The molecule has 0 unspecified atom stereocenters. The molecule has 0 saturated heterocycles. The van der Waals surface area contributed by atoms with E-state index in [-0.39, 0.29) is 0 Å². The van der Waals surface area contributed by atoms with Crippen molar-refractivity contribution in [3.8, 4) is 11.8 Å². The van der Waals surface area contributed by atoms with Gasteiger partial charge in [0.15, 0.2) is 0 Å². The van der Waals surface area contributed by atoms with Crippen LogP contribution in [0, 0.1) is 11.8 Å². The Morgan fingerprint density at radius 3 is 1.89 bits per heavy atom. The molecule has 9 heavy (non-hydrogen) atoms. The summed E-state index contributed by atoms with van der Waals surface area (Å²) in [5.74, 6) is 5.47. The van der Waals surface area contributed by atoms with Gasteiger partial charge in [0.1, 0.15) is 5.60 Å². The molecule has 0 aliphatic rings. The fourth-order valence-electron chi connectivity index (χ4n) is 0.659. The lowest BCUT2D eigenvalue weighted by molar-refractivity contribution is 0.0931. The first-order valence-corrected chi connectivity index (χ1v) is 3.34. The molecular weight excluding hydrogens is 112 g/mol. The minimum atomic E-state index is -0.727. The van der Waals surface area contributed by atoms with Crippen molar-refractivity contribution in [2.75, 3.05) is 0 Å². The van der Waals surface area contributed by atoms with Gasteiger partial charge < -0.3 is 5.11 Å². The Morgan fingerprint density at radius 1 is 1.33 bits per heavy atom. The molecule has 0 atom stereocenters. The highest BCUT2D eigenvalue weighted by molar-refractivity contribution is 5.10. The molecule has 0 aromatic carbocycles. The van der Waals surface area contributed by atoms with Crippen LogP contribution in [0.4, 0.5) is 0 Å². The Morgan fingerprint density at radius 2 is 1.78 bits per heavy atom. The second-order valence-electron chi connectivity index (χ2n) is 2.11. The van der Waals surface area contributed by atoms with Crippen LogP contribution >= 0.6 is 0 Å². The van der Waals surface area contributed by atoms with Gasteiger partial charge in [-0.2, -0.15) is 0 Å². The van der Waals surface area contributed by atoms with Gasteiger partial charge in [-0.25, -0.2) is 0 Å². The van der Waals surface area contributed by atoms with Crippen LogP contribution < -0.4 is 0 Å². The van der Waals surface area contributed by atoms with Crippen molar-refractivity contribution in [1.82, 2.24) is 0 Å². The zero-order valence-corrected chi connectivity index (χ0v) is 6.36. The second-order valence-corrected chi connectivity index (χ2v) is 2.11. The monoisotopic (exact) mass is 126 g/mol. The highest BCUT2D eigenvalue weighted by Gasteiger charge is 2.17. The summed E-state index contributed by atoms with van der Waals surface area (Å²) in [4.78, 5) is 0. The fraction of sp³-hybridized carbons (Fsp3) is 0.750. The first-order chi connectivity index (χ1) is 4.18. The first-order valence-electron chi connectivity index (χ1n) is 3.34. The van der Waals surface area contributed by atoms with Crippen LogP contribution in [0.15, 0.2) is 0 Å². The Balaban J connectivity index is 4.03. The van der Waals surface area contributed by atoms with Crippen molar-refractivity contribution in [1.29, 1.82) is 0 Å². The van der Waals surface area contributed by atoms with Crippen molar-refractivity contribution in [3.05, 3.63) is 0 Å². The standard InChI is InChI=1S/C8H14O/c1-4-7-8(9,5-2)6-3/h9H,5-6H2,1-3H3. The Labute approximate surface area is 57.1 Å². The molecule has 0 spiro atoms. The zero-order valence-electron chi connectivity index (χ0n) is 6.36. The molecule has 1 N–H and O–H groups in total. The van der Waals surface area contributed by atoms with Crippen molar-refractivity contribution in [2.24, 2.45) is 0 Å². The summed E-state index contributed by atoms with van der Waals surface area (Å²) in [6.45, 7) is 5.62. The van der Waals surface area contributed by atoms with E-state index in [1.807, 2.05) is 13.8 Å². The molecule has 1 nitrogen and oxygen atoms in total. The molecule has 52 valence electrons. The molecule has 0 aromatic rings. The summed E-state index contributed by atoms with van der Waals surface area (Å²) >= 11 is 0. The van der Waals surface area contributed by atoms with Crippen molar-refractivity contribution >= 4 is 0 Å². The third-order valence-corrected chi connectivity index (χ3v) is 1.53. The van der Waals surface area contributed by atoms with Crippen LogP contribution in [0.2, 0.25) is 0 Å².